The zero-order chi connectivity index (χ0) is 38.8. The maximum absolute atomic E-state index is 14.8. The summed E-state index contributed by atoms with van der Waals surface area (Å²) in [7, 11) is 0. The third-order valence-corrected chi connectivity index (χ3v) is 9.62. The van der Waals surface area contributed by atoms with Crippen LogP contribution < -0.4 is 0 Å². The van der Waals surface area contributed by atoms with Crippen molar-refractivity contribution in [2.45, 2.75) is 28.2 Å². The molecule has 0 amide bonds. The number of aryl methyl sites for hydroxylation is 3. The smallest absolute Gasteiger partial charge is 0.194 e. The van der Waals surface area contributed by atoms with Crippen LogP contribution in [-0.2, 0) is 0 Å². The summed E-state index contributed by atoms with van der Waals surface area (Å²) in [5, 5.41) is 2.10. The quantitative estimate of drug-likeness (QED) is 0.121. The van der Waals surface area contributed by atoms with Crippen LogP contribution in [0.5, 0.6) is 0 Å². The lowest BCUT2D eigenvalue weighted by molar-refractivity contribution is 0.447. The second kappa shape index (κ2) is 16.5. The van der Waals surface area contributed by atoms with Crippen molar-refractivity contribution in [1.82, 2.24) is 0 Å². The van der Waals surface area contributed by atoms with E-state index < -0.39 is 34.9 Å². The van der Waals surface area contributed by atoms with Crippen LogP contribution in [-0.4, -0.2) is 0 Å². The zero-order valence-electron chi connectivity index (χ0n) is 30.2. The van der Waals surface area contributed by atoms with Gasteiger partial charge in [0.2, 0.25) is 0 Å². The molecule has 8 rings (SSSR count). The summed E-state index contributed by atoms with van der Waals surface area (Å²) in [4.78, 5) is 0. The lowest BCUT2D eigenvalue weighted by atomic mass is 9.96. The number of hydrogen-bond acceptors (Lipinski definition) is 0. The molecule has 0 aliphatic heterocycles. The predicted octanol–water partition coefficient (Wildman–Crippen LogP) is 15.3. The van der Waals surface area contributed by atoms with Crippen LogP contribution in [0.15, 0.2) is 152 Å². The molecule has 280 valence electrons. The maximum Gasteiger partial charge on any atom is 0.194 e. The highest BCUT2D eigenvalue weighted by Crippen LogP contribution is 2.34. The molecule has 6 heteroatoms. The number of benzene rings is 8. The van der Waals surface area contributed by atoms with E-state index in [2.05, 4.69) is 6.07 Å². The molecule has 0 unspecified atom stereocenters. The standard InChI is InChI=1S/C25H16F4.C24H18F2.CH4/c1-15-2-4-16(5-3-15)17-6-8-18(9-7-17)19-10-11-21(22(26)12-19)20-13-23(27)25(29)24(28)14-20;1-15-3-6-17(7-4-15)21-11-12-22(24(26)23(21)25)20-10-9-18-13-16(2)5-8-19(18)14-20;/h2-14H,1H3;3-14H,1-2H3;1H4. The van der Waals surface area contributed by atoms with E-state index in [9.17, 15) is 26.3 Å². The van der Waals surface area contributed by atoms with E-state index in [-0.39, 0.29) is 29.7 Å². The van der Waals surface area contributed by atoms with Crippen molar-refractivity contribution in [1.29, 1.82) is 0 Å². The number of rotatable bonds is 5. The molecule has 0 saturated carbocycles. The molecule has 0 N–H and O–H groups in total. The first-order valence-corrected chi connectivity index (χ1v) is 17.6. The van der Waals surface area contributed by atoms with Gasteiger partial charge in [-0.1, -0.05) is 152 Å². The molecule has 0 fully saturated rings. The Labute approximate surface area is 323 Å². The van der Waals surface area contributed by atoms with Gasteiger partial charge in [-0.2, -0.15) is 0 Å². The van der Waals surface area contributed by atoms with E-state index >= 15 is 0 Å². The molecule has 56 heavy (non-hydrogen) atoms. The average molecular weight is 753 g/mol. The lowest BCUT2D eigenvalue weighted by Crippen LogP contribution is -1.94. The largest absolute Gasteiger partial charge is 0.206 e. The molecule has 0 aromatic heterocycles. The molecule has 8 aromatic carbocycles. The Morgan fingerprint density at radius 2 is 0.643 bits per heavy atom. The van der Waals surface area contributed by atoms with Gasteiger partial charge in [-0.3, -0.25) is 0 Å². The minimum Gasteiger partial charge on any atom is -0.206 e. The Balaban J connectivity index is 0.000000188. The first-order chi connectivity index (χ1) is 26.4. The monoisotopic (exact) mass is 752 g/mol. The van der Waals surface area contributed by atoms with Crippen LogP contribution in [0.1, 0.15) is 24.1 Å². The van der Waals surface area contributed by atoms with Gasteiger partial charge in [-0.15, -0.1) is 0 Å². The second-order valence-electron chi connectivity index (χ2n) is 13.6. The summed E-state index contributed by atoms with van der Waals surface area (Å²) >= 11 is 0. The van der Waals surface area contributed by atoms with Crippen molar-refractivity contribution in [3.63, 3.8) is 0 Å². The molecule has 0 bridgehead atoms. The highest BCUT2D eigenvalue weighted by atomic mass is 19.2. The number of halogens is 6. The molecule has 0 saturated heterocycles. The highest BCUT2D eigenvalue weighted by molar-refractivity contribution is 5.88. The number of fused-ring (bicyclic) bond motifs is 1. The van der Waals surface area contributed by atoms with Crippen LogP contribution in [0, 0.1) is 55.7 Å². The Morgan fingerprint density at radius 1 is 0.268 bits per heavy atom. The third-order valence-electron chi connectivity index (χ3n) is 9.62. The first-order valence-electron chi connectivity index (χ1n) is 17.6. The second-order valence-corrected chi connectivity index (χ2v) is 13.6. The van der Waals surface area contributed by atoms with Gasteiger partial charge < -0.3 is 0 Å². The topological polar surface area (TPSA) is 0 Å². The summed E-state index contributed by atoms with van der Waals surface area (Å²) in [5.74, 6) is -6.54. The normalized spacial score (nSPS) is 10.8. The van der Waals surface area contributed by atoms with E-state index in [1.807, 2.05) is 124 Å². The Morgan fingerprint density at radius 3 is 1.20 bits per heavy atom. The van der Waals surface area contributed by atoms with Crippen LogP contribution >= 0.6 is 0 Å². The third kappa shape index (κ3) is 8.30. The van der Waals surface area contributed by atoms with Gasteiger partial charge in [-0.05, 0) is 94.8 Å². The molecule has 0 radical (unpaired) electrons. The van der Waals surface area contributed by atoms with Gasteiger partial charge in [0.25, 0.3) is 0 Å². The summed E-state index contributed by atoms with van der Waals surface area (Å²) in [6.07, 6.45) is 0. The molecule has 0 heterocycles. The summed E-state index contributed by atoms with van der Waals surface area (Å²) in [6.45, 7) is 6.02. The van der Waals surface area contributed by atoms with Crippen molar-refractivity contribution in [2.75, 3.05) is 0 Å². The zero-order valence-corrected chi connectivity index (χ0v) is 30.2. The van der Waals surface area contributed by atoms with Gasteiger partial charge in [0.1, 0.15) is 5.82 Å². The Hall–Kier alpha value is -6.40. The average Bonchev–Trinajstić information content (AvgIpc) is 3.19. The van der Waals surface area contributed by atoms with Gasteiger partial charge >= 0.3 is 0 Å². The van der Waals surface area contributed by atoms with E-state index in [1.54, 1.807) is 18.2 Å². The minimum atomic E-state index is -1.57. The molecule has 0 aliphatic carbocycles. The minimum absolute atomic E-state index is 0. The Bertz CT molecular complexity index is 2640. The van der Waals surface area contributed by atoms with E-state index in [1.165, 1.54) is 23.3 Å². The molecule has 0 spiro atoms. The van der Waals surface area contributed by atoms with Crippen molar-refractivity contribution in [2.24, 2.45) is 0 Å². The van der Waals surface area contributed by atoms with Crippen molar-refractivity contribution < 1.29 is 26.3 Å². The van der Waals surface area contributed by atoms with E-state index in [0.29, 0.717) is 16.7 Å². The molecule has 0 nitrogen and oxygen atoms in total. The van der Waals surface area contributed by atoms with Gasteiger partial charge in [0.05, 0.1) is 0 Å². The highest BCUT2D eigenvalue weighted by Gasteiger charge is 2.17. The Kier molecular flexibility index (Phi) is 11.6. The molecule has 8 aromatic rings. The lowest BCUT2D eigenvalue weighted by Gasteiger charge is -2.10. The number of hydrogen-bond donors (Lipinski definition) is 0. The van der Waals surface area contributed by atoms with Gasteiger partial charge in [-0.25, -0.2) is 26.3 Å². The van der Waals surface area contributed by atoms with Gasteiger partial charge in [0.15, 0.2) is 29.1 Å². The van der Waals surface area contributed by atoms with Crippen LogP contribution in [0.25, 0.3) is 66.4 Å². The van der Waals surface area contributed by atoms with Gasteiger partial charge in [0, 0.05) is 16.7 Å². The van der Waals surface area contributed by atoms with Crippen LogP contribution in [0.3, 0.4) is 0 Å². The molecule has 0 atom stereocenters. The van der Waals surface area contributed by atoms with E-state index in [4.69, 9.17) is 0 Å². The summed E-state index contributed by atoms with van der Waals surface area (Å²) in [6, 6.07) is 44.3. The van der Waals surface area contributed by atoms with Crippen molar-refractivity contribution in [3.05, 3.63) is 203 Å². The van der Waals surface area contributed by atoms with E-state index in [0.717, 1.165) is 45.2 Å². The van der Waals surface area contributed by atoms with Crippen molar-refractivity contribution in [3.8, 4) is 55.6 Å². The summed E-state index contributed by atoms with van der Waals surface area (Å²) in [5.41, 5.74) is 8.86. The SMILES string of the molecule is C.Cc1ccc(-c2ccc(-c3ccc(-c4cc(F)c(F)c(F)c4)c(F)c3)cc2)cc1.Cc1ccc(-c2ccc(-c3ccc4cc(C)ccc4c3)c(F)c2F)cc1. The fraction of sp³-hybridized carbons (Fsp3) is 0.0800. The first kappa shape index (κ1) is 39.3. The summed E-state index contributed by atoms with van der Waals surface area (Å²) < 4.78 is 84.2. The molecular weight excluding hydrogens is 715 g/mol. The van der Waals surface area contributed by atoms with Crippen LogP contribution in [0.2, 0.25) is 0 Å². The molecule has 0 aliphatic rings. The molecular formula is C50H38F6. The van der Waals surface area contributed by atoms with Crippen LogP contribution in [0.4, 0.5) is 26.3 Å². The fourth-order valence-corrected chi connectivity index (χ4v) is 6.50. The predicted molar refractivity (Wildman–Crippen MR) is 218 cm³/mol. The maximum atomic E-state index is 14.8. The van der Waals surface area contributed by atoms with Crippen molar-refractivity contribution >= 4 is 10.8 Å². The fourth-order valence-electron chi connectivity index (χ4n) is 6.50.